The van der Waals surface area contributed by atoms with Crippen LogP contribution in [0.5, 0.6) is 0 Å². The monoisotopic (exact) mass is 354 g/mol. The molecule has 138 valence electrons. The number of nitrogens with one attached hydrogen (secondary N) is 2. The predicted octanol–water partition coefficient (Wildman–Crippen LogP) is 3.58. The third-order valence-corrected chi connectivity index (χ3v) is 4.91. The van der Waals surface area contributed by atoms with Gasteiger partial charge in [0.25, 0.3) is 5.91 Å². The summed E-state index contributed by atoms with van der Waals surface area (Å²) >= 11 is 0. The number of piperidine rings is 1. The summed E-state index contributed by atoms with van der Waals surface area (Å²) in [4.78, 5) is 24.6. The van der Waals surface area contributed by atoms with Crippen molar-refractivity contribution in [3.8, 4) is 0 Å². The van der Waals surface area contributed by atoms with Gasteiger partial charge in [-0.05, 0) is 58.1 Å². The Morgan fingerprint density at radius 1 is 1.00 bits per heavy atom. The van der Waals surface area contributed by atoms with Gasteiger partial charge in [-0.15, -0.1) is 0 Å². The third kappa shape index (κ3) is 3.73. The highest BCUT2D eigenvalue weighted by Gasteiger charge is 2.38. The molecule has 0 spiro atoms. The summed E-state index contributed by atoms with van der Waals surface area (Å²) in [5.41, 5.74) is 0.406. The summed E-state index contributed by atoms with van der Waals surface area (Å²) < 4.78 is 0. The molecule has 3 rings (SSSR count). The van der Waals surface area contributed by atoms with Crippen molar-refractivity contribution in [1.29, 1.82) is 0 Å². The minimum atomic E-state index is -1.03. The van der Waals surface area contributed by atoms with Crippen molar-refractivity contribution >= 4 is 22.6 Å². The molecule has 0 atom stereocenters. The SMILES string of the molecule is CC1(C)CC(NC(=O)c2cccc3cccc(C(=O)O)c23)CC(C)(C)N1. The lowest BCUT2D eigenvalue weighted by molar-refractivity contribution is 0.0699. The Labute approximate surface area is 153 Å². The van der Waals surface area contributed by atoms with Gasteiger partial charge in [-0.1, -0.05) is 24.3 Å². The molecule has 5 nitrogen and oxygen atoms in total. The molecule has 0 aliphatic carbocycles. The zero-order chi connectivity index (χ0) is 19.1. The molecule has 1 aliphatic rings. The van der Waals surface area contributed by atoms with Crippen LogP contribution in [-0.4, -0.2) is 34.1 Å². The minimum Gasteiger partial charge on any atom is -0.478 e. The van der Waals surface area contributed by atoms with Gasteiger partial charge < -0.3 is 15.7 Å². The number of aromatic carboxylic acids is 1. The first kappa shape index (κ1) is 18.4. The summed E-state index contributed by atoms with van der Waals surface area (Å²) in [6.07, 6.45) is 1.64. The minimum absolute atomic E-state index is 0.0287. The predicted molar refractivity (Wildman–Crippen MR) is 103 cm³/mol. The van der Waals surface area contributed by atoms with Gasteiger partial charge in [0, 0.05) is 28.1 Å². The molecule has 0 aromatic heterocycles. The first-order valence-corrected chi connectivity index (χ1v) is 8.93. The molecule has 2 aromatic carbocycles. The van der Waals surface area contributed by atoms with Gasteiger partial charge in [-0.3, -0.25) is 4.79 Å². The molecular formula is C21H26N2O3. The van der Waals surface area contributed by atoms with Crippen LogP contribution in [0, 0.1) is 0 Å². The Balaban J connectivity index is 1.95. The van der Waals surface area contributed by atoms with E-state index in [4.69, 9.17) is 0 Å². The molecule has 0 saturated carbocycles. The van der Waals surface area contributed by atoms with E-state index in [2.05, 4.69) is 38.3 Å². The van der Waals surface area contributed by atoms with E-state index in [9.17, 15) is 14.7 Å². The maximum atomic E-state index is 13.0. The molecule has 26 heavy (non-hydrogen) atoms. The highest BCUT2D eigenvalue weighted by molar-refractivity contribution is 6.14. The second kappa shape index (κ2) is 6.40. The van der Waals surface area contributed by atoms with Crippen LogP contribution < -0.4 is 10.6 Å². The van der Waals surface area contributed by atoms with Gasteiger partial charge in [0.2, 0.25) is 0 Å². The van der Waals surface area contributed by atoms with Crippen molar-refractivity contribution in [2.75, 3.05) is 0 Å². The number of fused-ring (bicyclic) bond motifs is 1. The van der Waals surface area contributed by atoms with E-state index in [-0.39, 0.29) is 28.6 Å². The number of amides is 1. The van der Waals surface area contributed by atoms with Crippen molar-refractivity contribution in [1.82, 2.24) is 10.6 Å². The Bertz CT molecular complexity index is 849. The summed E-state index contributed by atoms with van der Waals surface area (Å²) in [6.45, 7) is 8.53. The fourth-order valence-corrected chi connectivity index (χ4v) is 4.40. The molecule has 0 radical (unpaired) electrons. The van der Waals surface area contributed by atoms with Gasteiger partial charge in [0.15, 0.2) is 0 Å². The summed E-state index contributed by atoms with van der Waals surface area (Å²) in [5.74, 6) is -1.25. The number of hydrogen-bond acceptors (Lipinski definition) is 3. The van der Waals surface area contributed by atoms with E-state index in [1.54, 1.807) is 18.2 Å². The molecule has 1 fully saturated rings. The average Bonchev–Trinajstić information content (AvgIpc) is 2.50. The normalized spacial score (nSPS) is 19.2. The third-order valence-electron chi connectivity index (χ3n) is 4.91. The highest BCUT2D eigenvalue weighted by Crippen LogP contribution is 2.29. The first-order valence-electron chi connectivity index (χ1n) is 8.93. The van der Waals surface area contributed by atoms with Gasteiger partial charge in [0.1, 0.15) is 0 Å². The number of carbonyl (C=O) groups excluding carboxylic acids is 1. The Kier molecular flexibility index (Phi) is 4.53. The molecule has 1 heterocycles. The lowest BCUT2D eigenvalue weighted by atomic mass is 9.79. The fraction of sp³-hybridized carbons (Fsp3) is 0.429. The first-order chi connectivity index (χ1) is 12.1. The number of benzene rings is 2. The van der Waals surface area contributed by atoms with Crippen LogP contribution >= 0.6 is 0 Å². The smallest absolute Gasteiger partial charge is 0.336 e. The van der Waals surface area contributed by atoms with E-state index < -0.39 is 5.97 Å². The molecule has 1 amide bonds. The summed E-state index contributed by atoms with van der Waals surface area (Å²) in [6, 6.07) is 10.4. The molecule has 0 bridgehead atoms. The van der Waals surface area contributed by atoms with Crippen LogP contribution in [0.25, 0.3) is 10.8 Å². The van der Waals surface area contributed by atoms with Crippen molar-refractivity contribution < 1.29 is 14.7 Å². The van der Waals surface area contributed by atoms with Crippen molar-refractivity contribution in [3.05, 3.63) is 47.5 Å². The van der Waals surface area contributed by atoms with Crippen LogP contribution in [0.15, 0.2) is 36.4 Å². The van der Waals surface area contributed by atoms with Crippen LogP contribution in [0.4, 0.5) is 0 Å². The van der Waals surface area contributed by atoms with Gasteiger partial charge >= 0.3 is 5.97 Å². The molecule has 1 aliphatic heterocycles. The molecular weight excluding hydrogens is 328 g/mol. The van der Waals surface area contributed by atoms with Gasteiger partial charge in [0.05, 0.1) is 5.56 Å². The van der Waals surface area contributed by atoms with Crippen LogP contribution in [-0.2, 0) is 0 Å². The number of carboxylic acids is 1. The zero-order valence-corrected chi connectivity index (χ0v) is 15.7. The highest BCUT2D eigenvalue weighted by atomic mass is 16.4. The Morgan fingerprint density at radius 3 is 2.08 bits per heavy atom. The zero-order valence-electron chi connectivity index (χ0n) is 15.7. The van der Waals surface area contributed by atoms with E-state index in [1.807, 2.05) is 12.1 Å². The van der Waals surface area contributed by atoms with Crippen molar-refractivity contribution in [3.63, 3.8) is 0 Å². The van der Waals surface area contributed by atoms with Crippen molar-refractivity contribution in [2.24, 2.45) is 0 Å². The number of hydrogen-bond donors (Lipinski definition) is 3. The van der Waals surface area contributed by atoms with Crippen LogP contribution in [0.3, 0.4) is 0 Å². The molecule has 1 saturated heterocycles. The average molecular weight is 354 g/mol. The lowest BCUT2D eigenvalue weighted by Gasteiger charge is -2.46. The van der Waals surface area contributed by atoms with E-state index >= 15 is 0 Å². The Hall–Kier alpha value is -2.40. The molecule has 5 heteroatoms. The topological polar surface area (TPSA) is 78.4 Å². The van der Waals surface area contributed by atoms with Crippen LogP contribution in [0.1, 0.15) is 61.3 Å². The van der Waals surface area contributed by atoms with Crippen molar-refractivity contribution in [2.45, 2.75) is 57.7 Å². The number of carboxylic acid groups (broad SMARTS) is 1. The van der Waals surface area contributed by atoms with E-state index in [0.29, 0.717) is 10.9 Å². The molecule has 3 N–H and O–H groups in total. The number of carbonyl (C=O) groups is 2. The van der Waals surface area contributed by atoms with E-state index in [1.165, 1.54) is 6.07 Å². The second-order valence-electron chi connectivity index (χ2n) is 8.49. The van der Waals surface area contributed by atoms with Crippen LogP contribution in [0.2, 0.25) is 0 Å². The summed E-state index contributed by atoms with van der Waals surface area (Å²) in [7, 11) is 0. The number of rotatable bonds is 3. The molecule has 2 aromatic rings. The second-order valence-corrected chi connectivity index (χ2v) is 8.49. The van der Waals surface area contributed by atoms with Gasteiger partial charge in [-0.2, -0.15) is 0 Å². The molecule has 0 unspecified atom stereocenters. The summed E-state index contributed by atoms with van der Waals surface area (Å²) in [5, 5.41) is 17.5. The maximum absolute atomic E-state index is 13.0. The lowest BCUT2D eigenvalue weighted by Crippen LogP contribution is -2.62. The standard InChI is InChI=1S/C21H26N2O3/c1-20(2)11-14(12-21(3,4)23-20)22-18(24)15-9-5-7-13-8-6-10-16(17(13)15)19(25)26/h5-10,14,23H,11-12H2,1-4H3,(H,22,24)(H,25,26). The van der Waals surface area contributed by atoms with Gasteiger partial charge in [-0.25, -0.2) is 4.79 Å². The maximum Gasteiger partial charge on any atom is 0.336 e. The van der Waals surface area contributed by atoms with E-state index in [0.717, 1.165) is 18.2 Å². The Morgan fingerprint density at radius 2 is 1.54 bits per heavy atom. The fourth-order valence-electron chi connectivity index (χ4n) is 4.40. The quantitative estimate of drug-likeness (QED) is 0.787. The largest absolute Gasteiger partial charge is 0.478 e.